The predicted octanol–water partition coefficient (Wildman–Crippen LogP) is 1.67. The van der Waals surface area contributed by atoms with Crippen molar-refractivity contribution >= 4 is 0 Å². The van der Waals surface area contributed by atoms with Crippen LogP contribution in [0.15, 0.2) is 42.9 Å². The van der Waals surface area contributed by atoms with Crippen LogP contribution in [-0.2, 0) is 5.60 Å². The van der Waals surface area contributed by atoms with Crippen molar-refractivity contribution in [3.05, 3.63) is 54.1 Å². The molecule has 3 nitrogen and oxygen atoms in total. The summed E-state index contributed by atoms with van der Waals surface area (Å²) >= 11 is 0. The lowest BCUT2D eigenvalue weighted by Gasteiger charge is -2.21. The Kier molecular flexibility index (Phi) is 2.09. The summed E-state index contributed by atoms with van der Waals surface area (Å²) in [5, 5.41) is 10.3. The highest BCUT2D eigenvalue weighted by Crippen LogP contribution is 2.26. The normalized spacial score (nSPS) is 15.0. The minimum atomic E-state index is -1.00. The highest BCUT2D eigenvalue weighted by atomic mass is 16.3. The number of aliphatic hydroxyl groups is 1. The summed E-state index contributed by atoms with van der Waals surface area (Å²) in [6.45, 7) is 1.75. The Balaban J connectivity index is 2.43. The molecule has 0 saturated carbocycles. The van der Waals surface area contributed by atoms with Crippen LogP contribution < -0.4 is 0 Å². The Bertz CT molecular complexity index is 392. The van der Waals surface area contributed by atoms with Crippen molar-refractivity contribution in [1.29, 1.82) is 0 Å². The van der Waals surface area contributed by atoms with Gasteiger partial charge in [-0.2, -0.15) is 0 Å². The van der Waals surface area contributed by atoms with Gasteiger partial charge in [0.05, 0.1) is 18.2 Å². The maximum atomic E-state index is 10.3. The smallest absolute Gasteiger partial charge is 0.128 e. The lowest BCUT2D eigenvalue weighted by Crippen LogP contribution is -2.22. The van der Waals surface area contributed by atoms with Crippen LogP contribution in [0.2, 0.25) is 0 Å². The van der Waals surface area contributed by atoms with E-state index in [4.69, 9.17) is 0 Å². The van der Waals surface area contributed by atoms with Gasteiger partial charge in [-0.25, -0.2) is 4.98 Å². The summed E-state index contributed by atoms with van der Waals surface area (Å²) in [5.41, 5.74) is 0.547. The molecule has 3 heteroatoms. The van der Waals surface area contributed by atoms with E-state index in [1.54, 1.807) is 19.4 Å². The first-order valence-electron chi connectivity index (χ1n) is 4.48. The first-order chi connectivity index (χ1) is 6.71. The zero-order chi connectivity index (χ0) is 10.0. The molecule has 1 unspecified atom stereocenters. The maximum Gasteiger partial charge on any atom is 0.128 e. The molecule has 2 aromatic rings. The SMILES string of the molecule is CC(O)(c1ccccc1)c1cnc[nH]1. The maximum absolute atomic E-state index is 10.3. The highest BCUT2D eigenvalue weighted by molar-refractivity contribution is 5.29. The van der Waals surface area contributed by atoms with E-state index in [2.05, 4.69) is 9.97 Å². The fourth-order valence-electron chi connectivity index (χ4n) is 1.44. The molecule has 1 heterocycles. The van der Waals surface area contributed by atoms with Crippen molar-refractivity contribution in [1.82, 2.24) is 9.97 Å². The lowest BCUT2D eigenvalue weighted by molar-refractivity contribution is 0.0979. The molecule has 1 aromatic carbocycles. The van der Waals surface area contributed by atoms with Crippen molar-refractivity contribution in [3.8, 4) is 0 Å². The van der Waals surface area contributed by atoms with Crippen LogP contribution in [0.3, 0.4) is 0 Å². The third kappa shape index (κ3) is 1.42. The van der Waals surface area contributed by atoms with E-state index >= 15 is 0 Å². The molecule has 2 N–H and O–H groups in total. The lowest BCUT2D eigenvalue weighted by atomic mass is 9.93. The number of rotatable bonds is 2. The van der Waals surface area contributed by atoms with Crippen LogP contribution in [0.4, 0.5) is 0 Å². The molecule has 1 atom stereocenters. The number of imidazole rings is 1. The van der Waals surface area contributed by atoms with Crippen LogP contribution >= 0.6 is 0 Å². The van der Waals surface area contributed by atoms with Gasteiger partial charge >= 0.3 is 0 Å². The van der Waals surface area contributed by atoms with E-state index in [-0.39, 0.29) is 0 Å². The number of nitrogens with one attached hydrogen (secondary N) is 1. The van der Waals surface area contributed by atoms with Gasteiger partial charge in [-0.1, -0.05) is 30.3 Å². The number of benzene rings is 1. The van der Waals surface area contributed by atoms with Gasteiger partial charge in [-0.05, 0) is 12.5 Å². The van der Waals surface area contributed by atoms with Crippen molar-refractivity contribution in [3.63, 3.8) is 0 Å². The fourth-order valence-corrected chi connectivity index (χ4v) is 1.44. The summed E-state index contributed by atoms with van der Waals surface area (Å²) in [7, 11) is 0. The molecule has 0 aliphatic carbocycles. The molecule has 0 aliphatic rings. The molecular weight excluding hydrogens is 176 g/mol. The van der Waals surface area contributed by atoms with Crippen molar-refractivity contribution in [2.75, 3.05) is 0 Å². The minimum Gasteiger partial charge on any atom is -0.379 e. The molecule has 1 aromatic heterocycles. The Morgan fingerprint density at radius 3 is 2.57 bits per heavy atom. The van der Waals surface area contributed by atoms with Crippen LogP contribution in [0.1, 0.15) is 18.2 Å². The molecule has 0 saturated heterocycles. The second kappa shape index (κ2) is 3.27. The predicted molar refractivity (Wildman–Crippen MR) is 53.7 cm³/mol. The Morgan fingerprint density at radius 1 is 1.29 bits per heavy atom. The number of aromatic nitrogens is 2. The van der Waals surface area contributed by atoms with Crippen LogP contribution in [0.5, 0.6) is 0 Å². The summed E-state index contributed by atoms with van der Waals surface area (Å²) < 4.78 is 0. The first kappa shape index (κ1) is 8.97. The van der Waals surface area contributed by atoms with Crippen LogP contribution in [-0.4, -0.2) is 15.1 Å². The largest absolute Gasteiger partial charge is 0.379 e. The molecule has 72 valence electrons. The van der Waals surface area contributed by atoms with Gasteiger partial charge in [0.25, 0.3) is 0 Å². The quantitative estimate of drug-likeness (QED) is 0.753. The molecule has 0 bridgehead atoms. The number of hydrogen-bond acceptors (Lipinski definition) is 2. The zero-order valence-electron chi connectivity index (χ0n) is 7.94. The van der Waals surface area contributed by atoms with E-state index < -0.39 is 5.60 Å². The number of aromatic amines is 1. The standard InChI is InChI=1S/C11H12N2O/c1-11(14,10-7-12-8-13-10)9-5-3-2-4-6-9/h2-8,14H,1H3,(H,12,13). The van der Waals surface area contributed by atoms with Gasteiger partial charge in [0.1, 0.15) is 5.60 Å². The zero-order valence-corrected chi connectivity index (χ0v) is 7.94. The third-order valence-electron chi connectivity index (χ3n) is 2.36. The van der Waals surface area contributed by atoms with Crippen molar-refractivity contribution in [2.45, 2.75) is 12.5 Å². The molecule has 0 amide bonds. The van der Waals surface area contributed by atoms with Crippen molar-refractivity contribution in [2.24, 2.45) is 0 Å². The van der Waals surface area contributed by atoms with Crippen LogP contribution in [0.25, 0.3) is 0 Å². The summed E-state index contributed by atoms with van der Waals surface area (Å²) in [6.07, 6.45) is 3.19. The van der Waals surface area contributed by atoms with E-state index in [9.17, 15) is 5.11 Å². The van der Waals surface area contributed by atoms with E-state index in [1.165, 1.54) is 0 Å². The van der Waals surface area contributed by atoms with Gasteiger partial charge in [-0.3, -0.25) is 0 Å². The number of hydrogen-bond donors (Lipinski definition) is 2. The molecule has 0 spiro atoms. The summed E-state index contributed by atoms with van der Waals surface area (Å²) in [4.78, 5) is 6.81. The first-order valence-corrected chi connectivity index (χ1v) is 4.48. The van der Waals surface area contributed by atoms with Gasteiger partial charge in [0, 0.05) is 0 Å². The second-order valence-corrected chi connectivity index (χ2v) is 3.40. The molecule has 0 radical (unpaired) electrons. The second-order valence-electron chi connectivity index (χ2n) is 3.40. The average molecular weight is 188 g/mol. The Labute approximate surface area is 82.4 Å². The molecule has 0 aliphatic heterocycles. The molecule has 0 fully saturated rings. The van der Waals surface area contributed by atoms with Gasteiger partial charge in [0.2, 0.25) is 0 Å². The topological polar surface area (TPSA) is 48.9 Å². The van der Waals surface area contributed by atoms with Gasteiger partial charge < -0.3 is 10.1 Å². The van der Waals surface area contributed by atoms with E-state index in [1.807, 2.05) is 30.3 Å². The number of nitrogens with zero attached hydrogens (tertiary/aromatic N) is 1. The van der Waals surface area contributed by atoms with Gasteiger partial charge in [-0.15, -0.1) is 0 Å². The minimum absolute atomic E-state index is 0.698. The molecular formula is C11H12N2O. The monoisotopic (exact) mass is 188 g/mol. The van der Waals surface area contributed by atoms with E-state index in [0.717, 1.165) is 5.56 Å². The van der Waals surface area contributed by atoms with Crippen LogP contribution in [0, 0.1) is 0 Å². The van der Waals surface area contributed by atoms with Crippen molar-refractivity contribution < 1.29 is 5.11 Å². The fraction of sp³-hybridized carbons (Fsp3) is 0.182. The Morgan fingerprint density at radius 2 is 2.00 bits per heavy atom. The summed E-state index contributed by atoms with van der Waals surface area (Å²) in [6, 6.07) is 9.51. The highest BCUT2D eigenvalue weighted by Gasteiger charge is 2.26. The number of H-pyrrole nitrogens is 1. The molecule has 2 rings (SSSR count). The van der Waals surface area contributed by atoms with E-state index in [0.29, 0.717) is 5.69 Å². The third-order valence-corrected chi connectivity index (χ3v) is 2.36. The molecule has 14 heavy (non-hydrogen) atoms. The summed E-state index contributed by atoms with van der Waals surface area (Å²) in [5.74, 6) is 0. The van der Waals surface area contributed by atoms with Gasteiger partial charge in [0.15, 0.2) is 0 Å². The average Bonchev–Trinajstić information content (AvgIpc) is 2.72. The Hall–Kier alpha value is -1.61.